The summed E-state index contributed by atoms with van der Waals surface area (Å²) in [7, 11) is 0. The molecular formula is C17H12N6S. The van der Waals surface area contributed by atoms with Crippen LogP contribution >= 0.6 is 11.3 Å². The van der Waals surface area contributed by atoms with Crippen molar-refractivity contribution in [2.75, 3.05) is 0 Å². The lowest BCUT2D eigenvalue weighted by atomic mass is 10.2. The third kappa shape index (κ3) is 1.95. The fourth-order valence-electron chi connectivity index (χ4n) is 2.78. The van der Waals surface area contributed by atoms with E-state index in [9.17, 15) is 0 Å². The van der Waals surface area contributed by atoms with Gasteiger partial charge in [-0.25, -0.2) is 19.2 Å². The Morgan fingerprint density at radius 2 is 2.04 bits per heavy atom. The Kier molecular flexibility index (Phi) is 2.77. The first-order valence-corrected chi connectivity index (χ1v) is 8.37. The largest absolute Gasteiger partial charge is 0.216 e. The van der Waals surface area contributed by atoms with E-state index in [1.165, 1.54) is 5.56 Å². The highest BCUT2D eigenvalue weighted by molar-refractivity contribution is 7.13. The zero-order valence-electron chi connectivity index (χ0n) is 12.8. The average molecular weight is 332 g/mol. The van der Waals surface area contributed by atoms with E-state index in [4.69, 9.17) is 0 Å². The zero-order valence-corrected chi connectivity index (χ0v) is 13.6. The number of aryl methyl sites for hydroxylation is 1. The molecule has 0 fully saturated rings. The number of thiophene rings is 1. The minimum Gasteiger partial charge on any atom is -0.216 e. The van der Waals surface area contributed by atoms with Gasteiger partial charge in [-0.05, 0) is 36.1 Å². The third-order valence-electron chi connectivity index (χ3n) is 3.89. The molecule has 4 heterocycles. The van der Waals surface area contributed by atoms with E-state index in [0.717, 1.165) is 27.2 Å². The summed E-state index contributed by atoms with van der Waals surface area (Å²) in [4.78, 5) is 10.3. The molecule has 6 nitrogen and oxygen atoms in total. The smallest absolute Gasteiger partial charge is 0.192 e. The molecule has 0 atom stereocenters. The van der Waals surface area contributed by atoms with Crippen LogP contribution in [0.3, 0.4) is 0 Å². The molecule has 7 heteroatoms. The first kappa shape index (κ1) is 13.4. The van der Waals surface area contributed by atoms with Crippen LogP contribution in [-0.4, -0.2) is 29.4 Å². The highest BCUT2D eigenvalue weighted by Gasteiger charge is 2.14. The van der Waals surface area contributed by atoms with E-state index >= 15 is 0 Å². The molecule has 0 saturated carbocycles. The van der Waals surface area contributed by atoms with Crippen LogP contribution in [0.15, 0.2) is 54.3 Å². The van der Waals surface area contributed by atoms with Gasteiger partial charge in [0.15, 0.2) is 17.1 Å². The van der Waals surface area contributed by atoms with Crippen molar-refractivity contribution in [3.05, 3.63) is 59.9 Å². The van der Waals surface area contributed by atoms with Gasteiger partial charge in [-0.3, -0.25) is 0 Å². The minimum atomic E-state index is 0.711. The monoisotopic (exact) mass is 332 g/mol. The molecule has 0 radical (unpaired) electrons. The van der Waals surface area contributed by atoms with E-state index in [0.29, 0.717) is 5.82 Å². The summed E-state index contributed by atoms with van der Waals surface area (Å²) in [5.41, 5.74) is 3.71. The van der Waals surface area contributed by atoms with E-state index < -0.39 is 0 Å². The molecule has 5 rings (SSSR count). The molecule has 0 amide bonds. The van der Waals surface area contributed by atoms with Crippen molar-refractivity contribution in [2.45, 2.75) is 6.92 Å². The Bertz CT molecular complexity index is 1170. The summed E-state index contributed by atoms with van der Waals surface area (Å²) in [6, 6.07) is 12.2. The lowest BCUT2D eigenvalue weighted by Gasteiger charge is -2.03. The lowest BCUT2D eigenvalue weighted by molar-refractivity contribution is 0.882. The van der Waals surface area contributed by atoms with Gasteiger partial charge < -0.3 is 0 Å². The Morgan fingerprint density at radius 1 is 1.08 bits per heavy atom. The van der Waals surface area contributed by atoms with Crippen LogP contribution in [0.1, 0.15) is 5.56 Å². The molecule has 1 aromatic carbocycles. The number of benzene rings is 1. The fraction of sp³-hybridized carbons (Fsp3) is 0.0588. The Hall–Kier alpha value is -3.06. The fourth-order valence-corrected chi connectivity index (χ4v) is 3.43. The van der Waals surface area contributed by atoms with Gasteiger partial charge >= 0.3 is 0 Å². The van der Waals surface area contributed by atoms with Crippen molar-refractivity contribution < 1.29 is 0 Å². The Labute approximate surface area is 141 Å². The molecule has 0 aliphatic carbocycles. The number of rotatable bonds is 2. The molecule has 0 aliphatic heterocycles. The van der Waals surface area contributed by atoms with Crippen molar-refractivity contribution in [2.24, 2.45) is 0 Å². The third-order valence-corrected chi connectivity index (χ3v) is 4.76. The normalized spacial score (nSPS) is 11.5. The molecule has 0 N–H and O–H groups in total. The Morgan fingerprint density at radius 3 is 2.88 bits per heavy atom. The Balaban J connectivity index is 1.75. The quantitative estimate of drug-likeness (QED) is 0.496. The van der Waals surface area contributed by atoms with Crippen molar-refractivity contribution in [3.8, 4) is 16.4 Å². The van der Waals surface area contributed by atoms with Gasteiger partial charge in [0, 0.05) is 0 Å². The van der Waals surface area contributed by atoms with Crippen molar-refractivity contribution in [1.29, 1.82) is 0 Å². The van der Waals surface area contributed by atoms with E-state index in [2.05, 4.69) is 39.2 Å². The van der Waals surface area contributed by atoms with Crippen molar-refractivity contribution in [3.63, 3.8) is 0 Å². The van der Waals surface area contributed by atoms with Gasteiger partial charge in [0.05, 0.1) is 22.1 Å². The van der Waals surface area contributed by atoms with Crippen LogP contribution < -0.4 is 0 Å². The highest BCUT2D eigenvalue weighted by Crippen LogP contribution is 2.25. The highest BCUT2D eigenvalue weighted by atomic mass is 32.1. The second-order valence-corrected chi connectivity index (χ2v) is 6.51. The maximum absolute atomic E-state index is 4.68. The first-order valence-electron chi connectivity index (χ1n) is 7.50. The van der Waals surface area contributed by atoms with Gasteiger partial charge in [-0.15, -0.1) is 16.4 Å². The molecule has 24 heavy (non-hydrogen) atoms. The molecule has 0 saturated heterocycles. The standard InChI is InChI=1S/C17H12N6S/c1-11-4-2-5-12(8-11)23-16-13(9-19-23)17-20-15(14-6-3-7-24-14)21-22(17)10-18-16/h2-10H,1H3. The molecular weight excluding hydrogens is 320 g/mol. The van der Waals surface area contributed by atoms with Crippen molar-refractivity contribution in [1.82, 2.24) is 29.4 Å². The predicted octanol–water partition coefficient (Wildman–Crippen LogP) is 3.50. The summed E-state index contributed by atoms with van der Waals surface area (Å²) >= 11 is 1.62. The summed E-state index contributed by atoms with van der Waals surface area (Å²) in [6.07, 6.45) is 3.49. The topological polar surface area (TPSA) is 60.9 Å². The summed E-state index contributed by atoms with van der Waals surface area (Å²) in [5.74, 6) is 0.711. The molecule has 0 unspecified atom stereocenters. The van der Waals surface area contributed by atoms with Crippen LogP contribution in [0.5, 0.6) is 0 Å². The first-order chi connectivity index (χ1) is 11.8. The van der Waals surface area contributed by atoms with Crippen LogP contribution in [-0.2, 0) is 0 Å². The number of nitrogens with zero attached hydrogens (tertiary/aromatic N) is 6. The molecule has 0 spiro atoms. The second kappa shape index (κ2) is 4.97. The van der Waals surface area contributed by atoms with Crippen LogP contribution in [0.4, 0.5) is 0 Å². The molecule has 0 bridgehead atoms. The van der Waals surface area contributed by atoms with Gasteiger partial charge in [0.1, 0.15) is 6.33 Å². The summed E-state index contributed by atoms with van der Waals surface area (Å²) < 4.78 is 3.54. The van der Waals surface area contributed by atoms with E-state index in [1.807, 2.05) is 34.3 Å². The van der Waals surface area contributed by atoms with E-state index in [1.54, 1.807) is 28.4 Å². The van der Waals surface area contributed by atoms with Crippen LogP contribution in [0.25, 0.3) is 33.1 Å². The van der Waals surface area contributed by atoms with Crippen LogP contribution in [0.2, 0.25) is 0 Å². The number of hydrogen-bond donors (Lipinski definition) is 0. The molecule has 0 aliphatic rings. The molecule has 4 aromatic heterocycles. The van der Waals surface area contributed by atoms with Gasteiger partial charge in [0.2, 0.25) is 0 Å². The van der Waals surface area contributed by atoms with E-state index in [-0.39, 0.29) is 0 Å². The zero-order chi connectivity index (χ0) is 16.1. The number of hydrogen-bond acceptors (Lipinski definition) is 5. The maximum Gasteiger partial charge on any atom is 0.192 e. The predicted molar refractivity (Wildman–Crippen MR) is 93.5 cm³/mol. The summed E-state index contributed by atoms with van der Waals surface area (Å²) in [6.45, 7) is 2.06. The second-order valence-electron chi connectivity index (χ2n) is 5.56. The van der Waals surface area contributed by atoms with Gasteiger partial charge in [-0.2, -0.15) is 5.10 Å². The maximum atomic E-state index is 4.68. The SMILES string of the molecule is Cc1cccc(-n2ncc3c2ncn2nc(-c4cccs4)nc32)c1. The number of fused-ring (bicyclic) bond motifs is 3. The average Bonchev–Trinajstić information content (AvgIpc) is 3.32. The van der Waals surface area contributed by atoms with Gasteiger partial charge in [-0.1, -0.05) is 18.2 Å². The van der Waals surface area contributed by atoms with Crippen LogP contribution in [0, 0.1) is 6.92 Å². The summed E-state index contributed by atoms with van der Waals surface area (Å²) in [5, 5.41) is 11.9. The molecule has 5 aromatic rings. The van der Waals surface area contributed by atoms with Crippen molar-refractivity contribution >= 4 is 28.0 Å². The number of aromatic nitrogens is 6. The van der Waals surface area contributed by atoms with Gasteiger partial charge in [0.25, 0.3) is 0 Å². The minimum absolute atomic E-state index is 0.711. The lowest BCUT2D eigenvalue weighted by Crippen LogP contribution is -1.99. The molecule has 116 valence electrons.